The lowest BCUT2D eigenvalue weighted by Crippen LogP contribution is -2.50. The highest BCUT2D eigenvalue weighted by molar-refractivity contribution is 6.07. The van der Waals surface area contributed by atoms with Crippen molar-refractivity contribution >= 4 is 22.8 Å². The van der Waals surface area contributed by atoms with Gasteiger partial charge in [0.2, 0.25) is 5.91 Å². The van der Waals surface area contributed by atoms with E-state index < -0.39 is 6.04 Å². The van der Waals surface area contributed by atoms with Crippen molar-refractivity contribution in [2.75, 3.05) is 0 Å². The van der Waals surface area contributed by atoms with Crippen LogP contribution in [0.3, 0.4) is 0 Å². The molecule has 1 unspecified atom stereocenters. The quantitative estimate of drug-likeness (QED) is 0.651. The summed E-state index contributed by atoms with van der Waals surface area (Å²) in [6.07, 6.45) is 1.67. The summed E-state index contributed by atoms with van der Waals surface area (Å²) in [5.41, 5.74) is 3.43. The van der Waals surface area contributed by atoms with Gasteiger partial charge in [0.25, 0.3) is 5.91 Å². The van der Waals surface area contributed by atoms with E-state index in [2.05, 4.69) is 15.7 Å². The van der Waals surface area contributed by atoms with E-state index in [1.807, 2.05) is 70.5 Å². The summed E-state index contributed by atoms with van der Waals surface area (Å²) >= 11 is 0. The molecule has 2 N–H and O–H groups in total. The van der Waals surface area contributed by atoms with E-state index in [0.29, 0.717) is 22.3 Å². The number of fused-ring (bicyclic) bond motifs is 1. The predicted molar refractivity (Wildman–Crippen MR) is 123 cm³/mol. The number of aryl methyl sites for hydroxylation is 1. The van der Waals surface area contributed by atoms with Gasteiger partial charge in [-0.25, -0.2) is 9.67 Å². The molecule has 31 heavy (non-hydrogen) atoms. The number of pyridine rings is 1. The Kier molecular flexibility index (Phi) is 6.15. The number of carbonyl (C=O) groups is 2. The molecular formula is C24H31N5O2. The van der Waals surface area contributed by atoms with E-state index in [1.54, 1.807) is 19.2 Å². The average Bonchev–Trinajstić information content (AvgIpc) is 3.10. The highest BCUT2D eigenvalue weighted by atomic mass is 16.2. The molecule has 0 saturated carbocycles. The number of hydrogen-bond acceptors (Lipinski definition) is 4. The minimum Gasteiger partial charge on any atom is -0.350 e. The Labute approximate surface area is 183 Å². The van der Waals surface area contributed by atoms with E-state index in [1.165, 1.54) is 0 Å². The SMILES string of the molecule is Cc1ccccc1-c1cc(C(=O)NC(C)C(=O)NC(C)(C)C)c2cnn(C(C)C)c2n1. The first-order valence-electron chi connectivity index (χ1n) is 10.5. The molecule has 1 atom stereocenters. The molecule has 2 aromatic heterocycles. The standard InChI is InChI=1S/C24H31N5O2/c1-14(2)29-21-19(13-25-29)18(12-20(27-21)17-11-9-8-10-15(17)3)23(31)26-16(4)22(30)28-24(5,6)7/h8-14,16H,1-7H3,(H,26,31)(H,28,30). The molecule has 0 spiro atoms. The lowest BCUT2D eigenvalue weighted by Gasteiger charge is -2.23. The van der Waals surface area contributed by atoms with Crippen LogP contribution in [0.5, 0.6) is 0 Å². The van der Waals surface area contributed by atoms with Gasteiger partial charge >= 0.3 is 0 Å². The monoisotopic (exact) mass is 421 g/mol. The number of rotatable bonds is 5. The molecule has 0 bridgehead atoms. The van der Waals surface area contributed by atoms with E-state index in [9.17, 15) is 9.59 Å². The molecule has 0 saturated heterocycles. The van der Waals surface area contributed by atoms with E-state index in [-0.39, 0.29) is 23.4 Å². The van der Waals surface area contributed by atoms with Crippen molar-refractivity contribution in [1.29, 1.82) is 0 Å². The number of carbonyl (C=O) groups excluding carboxylic acids is 2. The highest BCUT2D eigenvalue weighted by Gasteiger charge is 2.24. The van der Waals surface area contributed by atoms with Crippen LogP contribution in [0.4, 0.5) is 0 Å². The summed E-state index contributed by atoms with van der Waals surface area (Å²) in [5.74, 6) is -0.565. The first kappa shape index (κ1) is 22.5. The second kappa shape index (κ2) is 8.49. The van der Waals surface area contributed by atoms with Crippen LogP contribution in [0, 0.1) is 6.92 Å². The number of nitrogens with one attached hydrogen (secondary N) is 2. The lowest BCUT2D eigenvalue weighted by molar-refractivity contribution is -0.124. The van der Waals surface area contributed by atoms with Crippen molar-refractivity contribution in [2.24, 2.45) is 0 Å². The summed E-state index contributed by atoms with van der Waals surface area (Å²) in [6.45, 7) is 13.4. The molecule has 1 aromatic carbocycles. The lowest BCUT2D eigenvalue weighted by atomic mass is 10.0. The Hall–Kier alpha value is -3.22. The summed E-state index contributed by atoms with van der Waals surface area (Å²) in [4.78, 5) is 30.5. The first-order valence-corrected chi connectivity index (χ1v) is 10.5. The fourth-order valence-electron chi connectivity index (χ4n) is 3.40. The zero-order valence-corrected chi connectivity index (χ0v) is 19.3. The van der Waals surface area contributed by atoms with Gasteiger partial charge in [0.1, 0.15) is 6.04 Å². The third-order valence-corrected chi connectivity index (χ3v) is 4.96. The van der Waals surface area contributed by atoms with Crippen molar-refractivity contribution in [1.82, 2.24) is 25.4 Å². The van der Waals surface area contributed by atoms with E-state index in [4.69, 9.17) is 4.98 Å². The van der Waals surface area contributed by atoms with Crippen LogP contribution in [-0.4, -0.2) is 38.2 Å². The van der Waals surface area contributed by atoms with Crippen molar-refractivity contribution in [3.63, 3.8) is 0 Å². The van der Waals surface area contributed by atoms with Crippen LogP contribution in [0.2, 0.25) is 0 Å². The molecule has 164 valence electrons. The fourth-order valence-corrected chi connectivity index (χ4v) is 3.40. The molecule has 0 aliphatic rings. The number of nitrogens with zero attached hydrogens (tertiary/aromatic N) is 3. The van der Waals surface area contributed by atoms with Gasteiger partial charge < -0.3 is 10.6 Å². The van der Waals surface area contributed by atoms with Gasteiger partial charge in [-0.3, -0.25) is 9.59 Å². The third-order valence-electron chi connectivity index (χ3n) is 4.96. The van der Waals surface area contributed by atoms with Gasteiger partial charge in [0.15, 0.2) is 5.65 Å². The Morgan fingerprint density at radius 3 is 2.39 bits per heavy atom. The molecule has 2 heterocycles. The topological polar surface area (TPSA) is 88.9 Å². The maximum absolute atomic E-state index is 13.2. The second-order valence-corrected chi connectivity index (χ2v) is 9.22. The molecule has 3 rings (SSSR count). The van der Waals surface area contributed by atoms with Crippen LogP contribution in [-0.2, 0) is 4.79 Å². The highest BCUT2D eigenvalue weighted by Crippen LogP contribution is 2.28. The first-order chi connectivity index (χ1) is 14.5. The van der Waals surface area contributed by atoms with Crippen LogP contribution < -0.4 is 10.6 Å². The molecule has 0 aliphatic heterocycles. The van der Waals surface area contributed by atoms with Gasteiger partial charge in [-0.15, -0.1) is 0 Å². The molecule has 0 radical (unpaired) electrons. The predicted octanol–water partition coefficient (Wildman–Crippen LogP) is 4.02. The summed E-state index contributed by atoms with van der Waals surface area (Å²) in [7, 11) is 0. The Balaban J connectivity index is 2.05. The van der Waals surface area contributed by atoms with Crippen molar-refractivity contribution < 1.29 is 9.59 Å². The third kappa shape index (κ3) is 4.93. The molecule has 2 amide bonds. The number of amides is 2. The van der Waals surface area contributed by atoms with Crippen molar-refractivity contribution in [2.45, 2.75) is 66.1 Å². The molecule has 3 aromatic rings. The van der Waals surface area contributed by atoms with Gasteiger partial charge in [-0.05, 0) is 60.1 Å². The maximum Gasteiger partial charge on any atom is 0.252 e. The largest absolute Gasteiger partial charge is 0.350 e. The number of hydrogen-bond donors (Lipinski definition) is 2. The van der Waals surface area contributed by atoms with Crippen LogP contribution in [0.25, 0.3) is 22.3 Å². The molecule has 7 heteroatoms. The van der Waals surface area contributed by atoms with Gasteiger partial charge in [-0.2, -0.15) is 5.10 Å². The van der Waals surface area contributed by atoms with E-state index in [0.717, 1.165) is 11.1 Å². The molecule has 7 nitrogen and oxygen atoms in total. The molecular weight excluding hydrogens is 390 g/mol. The average molecular weight is 422 g/mol. The molecule has 0 aliphatic carbocycles. The Bertz CT molecular complexity index is 1120. The van der Waals surface area contributed by atoms with Crippen molar-refractivity contribution in [3.8, 4) is 11.3 Å². The minimum absolute atomic E-state index is 0.0875. The smallest absolute Gasteiger partial charge is 0.252 e. The zero-order valence-electron chi connectivity index (χ0n) is 19.3. The van der Waals surface area contributed by atoms with Crippen LogP contribution in [0.15, 0.2) is 36.5 Å². The number of benzene rings is 1. The zero-order chi connectivity index (χ0) is 22.9. The fraction of sp³-hybridized carbons (Fsp3) is 0.417. The van der Waals surface area contributed by atoms with Gasteiger partial charge in [-0.1, -0.05) is 24.3 Å². The summed E-state index contributed by atoms with van der Waals surface area (Å²) < 4.78 is 1.81. The van der Waals surface area contributed by atoms with Crippen LogP contribution >= 0.6 is 0 Å². The minimum atomic E-state index is -0.683. The summed E-state index contributed by atoms with van der Waals surface area (Å²) in [5, 5.41) is 10.8. The molecule has 0 fully saturated rings. The maximum atomic E-state index is 13.2. The second-order valence-electron chi connectivity index (χ2n) is 9.22. The Morgan fingerprint density at radius 1 is 1.10 bits per heavy atom. The van der Waals surface area contributed by atoms with Crippen molar-refractivity contribution in [3.05, 3.63) is 47.7 Å². The van der Waals surface area contributed by atoms with E-state index >= 15 is 0 Å². The summed E-state index contributed by atoms with van der Waals surface area (Å²) in [6, 6.07) is 9.11. The van der Waals surface area contributed by atoms with Gasteiger partial charge in [0.05, 0.1) is 22.8 Å². The van der Waals surface area contributed by atoms with Gasteiger partial charge in [0, 0.05) is 17.1 Å². The van der Waals surface area contributed by atoms with Crippen LogP contribution in [0.1, 0.15) is 63.5 Å². The Morgan fingerprint density at radius 2 is 1.77 bits per heavy atom. The number of aromatic nitrogens is 3. The normalized spacial score (nSPS) is 12.8.